The minimum Gasteiger partial charge on any atom is -0.383 e. The van der Waals surface area contributed by atoms with Crippen LogP contribution in [-0.2, 0) is 7.05 Å². The van der Waals surface area contributed by atoms with E-state index in [2.05, 4.69) is 44.9 Å². The molecule has 26 heavy (non-hydrogen) atoms. The standard InChI is InChI=1S/C18H24BrN7/c1-11(2)25-6-4-5-12(10-25)16-15(19)17(20)26-18(23-16)14(8-22-26)13-7-21-24(3)9-13/h7-9,11-12H,4-6,10,20H2,1-3H3/t12-/m1/s1. The molecule has 4 rings (SSSR count). The van der Waals surface area contributed by atoms with Crippen molar-refractivity contribution in [2.24, 2.45) is 7.05 Å². The highest BCUT2D eigenvalue weighted by molar-refractivity contribution is 9.10. The number of aryl methyl sites for hydroxylation is 1. The van der Waals surface area contributed by atoms with Crippen molar-refractivity contribution in [3.63, 3.8) is 0 Å². The Morgan fingerprint density at radius 2 is 2.08 bits per heavy atom. The number of nitrogen functional groups attached to an aromatic ring is 1. The van der Waals surface area contributed by atoms with Crippen LogP contribution in [0.1, 0.15) is 38.3 Å². The number of rotatable bonds is 3. The Hall–Kier alpha value is -1.93. The van der Waals surface area contributed by atoms with Crippen LogP contribution in [0.15, 0.2) is 23.1 Å². The fourth-order valence-corrected chi connectivity index (χ4v) is 4.33. The number of hydrogen-bond donors (Lipinski definition) is 1. The van der Waals surface area contributed by atoms with E-state index in [1.54, 1.807) is 9.20 Å². The summed E-state index contributed by atoms with van der Waals surface area (Å²) < 4.78 is 4.35. The molecule has 0 amide bonds. The van der Waals surface area contributed by atoms with Gasteiger partial charge in [0, 0.05) is 42.9 Å². The van der Waals surface area contributed by atoms with Crippen LogP contribution in [0.4, 0.5) is 5.82 Å². The quantitative estimate of drug-likeness (QED) is 0.708. The van der Waals surface area contributed by atoms with Gasteiger partial charge in [0.1, 0.15) is 5.82 Å². The maximum absolute atomic E-state index is 6.40. The number of hydrogen-bond acceptors (Lipinski definition) is 5. The molecule has 8 heteroatoms. The smallest absolute Gasteiger partial charge is 0.165 e. The Kier molecular flexibility index (Phi) is 4.48. The van der Waals surface area contributed by atoms with E-state index in [1.165, 1.54) is 6.42 Å². The van der Waals surface area contributed by atoms with Crippen molar-refractivity contribution in [1.82, 2.24) is 29.3 Å². The van der Waals surface area contributed by atoms with Crippen molar-refractivity contribution in [3.8, 4) is 11.1 Å². The van der Waals surface area contributed by atoms with Gasteiger partial charge in [-0.2, -0.15) is 14.7 Å². The average molecular weight is 418 g/mol. The second-order valence-electron chi connectivity index (χ2n) is 7.32. The molecule has 1 saturated heterocycles. The first-order valence-corrected chi connectivity index (χ1v) is 9.80. The number of anilines is 1. The normalized spacial score (nSPS) is 18.9. The molecule has 7 nitrogen and oxygen atoms in total. The van der Waals surface area contributed by atoms with Gasteiger partial charge in [0.2, 0.25) is 0 Å². The van der Waals surface area contributed by atoms with Gasteiger partial charge in [-0.15, -0.1) is 0 Å². The van der Waals surface area contributed by atoms with Gasteiger partial charge < -0.3 is 10.6 Å². The number of piperidine rings is 1. The van der Waals surface area contributed by atoms with E-state index in [0.717, 1.165) is 46.5 Å². The summed E-state index contributed by atoms with van der Waals surface area (Å²) >= 11 is 3.68. The van der Waals surface area contributed by atoms with Crippen LogP contribution in [0.25, 0.3) is 16.8 Å². The Morgan fingerprint density at radius 1 is 1.27 bits per heavy atom. The predicted molar refractivity (Wildman–Crippen MR) is 106 cm³/mol. The zero-order chi connectivity index (χ0) is 18.4. The maximum Gasteiger partial charge on any atom is 0.165 e. The van der Waals surface area contributed by atoms with Gasteiger partial charge >= 0.3 is 0 Å². The summed E-state index contributed by atoms with van der Waals surface area (Å²) in [5.74, 6) is 0.964. The molecule has 1 aliphatic rings. The molecule has 0 radical (unpaired) electrons. The minimum atomic E-state index is 0.365. The Morgan fingerprint density at radius 3 is 2.77 bits per heavy atom. The van der Waals surface area contributed by atoms with Gasteiger partial charge in [-0.1, -0.05) is 0 Å². The van der Waals surface area contributed by atoms with Gasteiger partial charge in [0.05, 0.1) is 22.6 Å². The second kappa shape index (κ2) is 6.66. The third kappa shape index (κ3) is 2.91. The van der Waals surface area contributed by atoms with Crippen LogP contribution in [-0.4, -0.2) is 48.4 Å². The molecule has 2 N–H and O–H groups in total. The van der Waals surface area contributed by atoms with E-state index >= 15 is 0 Å². The van der Waals surface area contributed by atoms with Crippen molar-refractivity contribution in [3.05, 3.63) is 28.8 Å². The van der Waals surface area contributed by atoms with Gasteiger partial charge in [-0.25, -0.2) is 4.98 Å². The lowest BCUT2D eigenvalue weighted by Gasteiger charge is -2.35. The van der Waals surface area contributed by atoms with Crippen LogP contribution < -0.4 is 5.73 Å². The molecule has 0 bridgehead atoms. The maximum atomic E-state index is 6.40. The zero-order valence-corrected chi connectivity index (χ0v) is 16.9. The fraction of sp³-hybridized carbons (Fsp3) is 0.500. The van der Waals surface area contributed by atoms with Crippen molar-refractivity contribution in [2.45, 2.75) is 38.6 Å². The van der Waals surface area contributed by atoms with Crippen LogP contribution in [0.2, 0.25) is 0 Å². The van der Waals surface area contributed by atoms with Gasteiger partial charge in [-0.3, -0.25) is 4.68 Å². The van der Waals surface area contributed by atoms with E-state index < -0.39 is 0 Å². The molecule has 1 fully saturated rings. The predicted octanol–water partition coefficient (Wildman–Crippen LogP) is 3.06. The first kappa shape index (κ1) is 17.5. The first-order valence-electron chi connectivity index (χ1n) is 9.01. The van der Waals surface area contributed by atoms with E-state index in [4.69, 9.17) is 10.7 Å². The molecular formula is C18H24BrN7. The van der Waals surface area contributed by atoms with Gasteiger partial charge in [0.15, 0.2) is 5.65 Å². The van der Waals surface area contributed by atoms with Gasteiger partial charge in [-0.05, 0) is 49.2 Å². The highest BCUT2D eigenvalue weighted by Crippen LogP contribution is 2.36. The summed E-state index contributed by atoms with van der Waals surface area (Å²) in [4.78, 5) is 7.52. The number of halogens is 1. The van der Waals surface area contributed by atoms with E-state index in [0.29, 0.717) is 17.8 Å². The van der Waals surface area contributed by atoms with E-state index in [-0.39, 0.29) is 0 Å². The monoisotopic (exact) mass is 417 g/mol. The van der Waals surface area contributed by atoms with Crippen molar-refractivity contribution < 1.29 is 0 Å². The van der Waals surface area contributed by atoms with Crippen molar-refractivity contribution >= 4 is 27.4 Å². The molecule has 0 saturated carbocycles. The average Bonchev–Trinajstić information content (AvgIpc) is 3.24. The molecule has 1 atom stereocenters. The number of fused-ring (bicyclic) bond motifs is 1. The number of likely N-dealkylation sites (tertiary alicyclic amines) is 1. The van der Waals surface area contributed by atoms with Crippen LogP contribution in [0.5, 0.6) is 0 Å². The summed E-state index contributed by atoms with van der Waals surface area (Å²) in [5, 5.41) is 8.71. The summed E-state index contributed by atoms with van der Waals surface area (Å²) in [6.07, 6.45) is 7.92. The Bertz CT molecular complexity index is 943. The molecule has 0 aromatic carbocycles. The lowest BCUT2D eigenvalue weighted by Crippen LogP contribution is -2.39. The largest absolute Gasteiger partial charge is 0.383 e. The fourth-order valence-electron chi connectivity index (χ4n) is 3.75. The topological polar surface area (TPSA) is 77.3 Å². The number of nitrogens with two attached hydrogens (primary N) is 1. The number of aromatic nitrogens is 5. The van der Waals surface area contributed by atoms with Gasteiger partial charge in [0.25, 0.3) is 0 Å². The lowest BCUT2D eigenvalue weighted by molar-refractivity contribution is 0.166. The summed E-state index contributed by atoms with van der Waals surface area (Å²) in [6, 6.07) is 0.540. The number of nitrogens with zero attached hydrogens (tertiary/aromatic N) is 6. The summed E-state index contributed by atoms with van der Waals surface area (Å²) in [6.45, 7) is 6.66. The van der Waals surface area contributed by atoms with Crippen molar-refractivity contribution in [1.29, 1.82) is 0 Å². The highest BCUT2D eigenvalue weighted by Gasteiger charge is 2.28. The molecule has 0 aliphatic carbocycles. The lowest BCUT2D eigenvalue weighted by atomic mass is 9.93. The molecular weight excluding hydrogens is 394 g/mol. The molecule has 0 spiro atoms. The molecule has 3 aromatic heterocycles. The molecule has 0 unspecified atom stereocenters. The van der Waals surface area contributed by atoms with Crippen molar-refractivity contribution in [2.75, 3.05) is 18.8 Å². The van der Waals surface area contributed by atoms with E-state index in [9.17, 15) is 0 Å². The molecule has 4 heterocycles. The third-order valence-electron chi connectivity index (χ3n) is 5.23. The molecule has 138 valence electrons. The Balaban J connectivity index is 1.81. The highest BCUT2D eigenvalue weighted by atomic mass is 79.9. The Labute approximate surface area is 161 Å². The van der Waals surface area contributed by atoms with E-state index in [1.807, 2.05) is 25.6 Å². The molecule has 3 aromatic rings. The first-order chi connectivity index (χ1) is 12.5. The van der Waals surface area contributed by atoms with Crippen LogP contribution in [0, 0.1) is 0 Å². The second-order valence-corrected chi connectivity index (χ2v) is 8.11. The summed E-state index contributed by atoms with van der Waals surface area (Å²) in [7, 11) is 1.90. The van der Waals surface area contributed by atoms with Crippen LogP contribution in [0.3, 0.4) is 0 Å². The van der Waals surface area contributed by atoms with Crippen LogP contribution >= 0.6 is 15.9 Å². The minimum absolute atomic E-state index is 0.365. The SMILES string of the molecule is CC(C)N1CCC[C@@H](c2nc3c(-c4cnn(C)c4)cnn3c(N)c2Br)C1. The zero-order valence-electron chi connectivity index (χ0n) is 15.4. The third-order valence-corrected chi connectivity index (χ3v) is 6.05. The molecule has 1 aliphatic heterocycles. The summed E-state index contributed by atoms with van der Waals surface area (Å²) in [5.41, 5.74) is 10.2.